The molecule has 0 fully saturated rings. The van der Waals surface area contributed by atoms with Gasteiger partial charge in [0.05, 0.1) is 10.7 Å². The predicted molar refractivity (Wildman–Crippen MR) is 101 cm³/mol. The second-order valence-corrected chi connectivity index (χ2v) is 6.24. The molecule has 3 aromatic carbocycles. The van der Waals surface area contributed by atoms with Crippen LogP contribution in [0.1, 0.15) is 11.1 Å². The SMILES string of the molecule is Clc1ccc(COc2cccc(CNc3ccccc3Cl)c2)cc1. The van der Waals surface area contributed by atoms with Gasteiger partial charge in [0, 0.05) is 11.6 Å². The highest BCUT2D eigenvalue weighted by Gasteiger charge is 2.01. The van der Waals surface area contributed by atoms with Crippen molar-refractivity contribution >= 4 is 28.9 Å². The zero-order valence-corrected chi connectivity index (χ0v) is 14.5. The Morgan fingerprint density at radius 2 is 1.58 bits per heavy atom. The quantitative estimate of drug-likeness (QED) is 0.568. The van der Waals surface area contributed by atoms with E-state index in [1.165, 1.54) is 0 Å². The molecule has 0 aromatic heterocycles. The van der Waals surface area contributed by atoms with Crippen LogP contribution >= 0.6 is 23.2 Å². The summed E-state index contributed by atoms with van der Waals surface area (Å²) in [5, 5.41) is 4.78. The largest absolute Gasteiger partial charge is 0.489 e. The molecule has 0 aliphatic carbocycles. The third-order valence-electron chi connectivity index (χ3n) is 3.57. The molecule has 0 atom stereocenters. The van der Waals surface area contributed by atoms with Crippen LogP contribution in [0.2, 0.25) is 10.0 Å². The van der Waals surface area contributed by atoms with E-state index < -0.39 is 0 Å². The van der Waals surface area contributed by atoms with Crippen molar-refractivity contribution < 1.29 is 4.74 Å². The van der Waals surface area contributed by atoms with E-state index in [4.69, 9.17) is 27.9 Å². The first kappa shape index (κ1) is 16.7. The van der Waals surface area contributed by atoms with E-state index in [0.717, 1.165) is 27.6 Å². The molecule has 1 N–H and O–H groups in total. The average molecular weight is 358 g/mol. The van der Waals surface area contributed by atoms with E-state index in [-0.39, 0.29) is 0 Å². The van der Waals surface area contributed by atoms with Crippen molar-refractivity contribution in [1.29, 1.82) is 0 Å². The van der Waals surface area contributed by atoms with Gasteiger partial charge in [-0.1, -0.05) is 59.6 Å². The second kappa shape index (κ2) is 8.09. The lowest BCUT2D eigenvalue weighted by Gasteiger charge is -2.11. The van der Waals surface area contributed by atoms with Crippen LogP contribution in [0.4, 0.5) is 5.69 Å². The number of para-hydroxylation sites is 1. The van der Waals surface area contributed by atoms with Crippen LogP contribution < -0.4 is 10.1 Å². The van der Waals surface area contributed by atoms with Crippen molar-refractivity contribution in [2.24, 2.45) is 0 Å². The summed E-state index contributed by atoms with van der Waals surface area (Å²) in [6.45, 7) is 1.19. The molecule has 2 nitrogen and oxygen atoms in total. The Morgan fingerprint density at radius 1 is 0.792 bits per heavy atom. The molecule has 0 radical (unpaired) electrons. The van der Waals surface area contributed by atoms with Gasteiger partial charge in [0.2, 0.25) is 0 Å². The smallest absolute Gasteiger partial charge is 0.120 e. The highest BCUT2D eigenvalue weighted by atomic mass is 35.5. The molecule has 122 valence electrons. The molecule has 0 aliphatic rings. The standard InChI is InChI=1S/C20H17Cl2NO/c21-17-10-8-15(9-11-17)14-24-18-5-3-4-16(12-18)13-23-20-7-2-1-6-19(20)22/h1-12,23H,13-14H2. The number of halogens is 2. The molecule has 0 bridgehead atoms. The fraction of sp³-hybridized carbons (Fsp3) is 0.100. The first-order valence-corrected chi connectivity index (χ1v) is 8.41. The van der Waals surface area contributed by atoms with Crippen LogP contribution in [0.25, 0.3) is 0 Å². The van der Waals surface area contributed by atoms with E-state index in [9.17, 15) is 0 Å². The van der Waals surface area contributed by atoms with Gasteiger partial charge in [-0.05, 0) is 47.5 Å². The summed E-state index contributed by atoms with van der Waals surface area (Å²) in [4.78, 5) is 0. The average Bonchev–Trinajstić information content (AvgIpc) is 2.61. The number of anilines is 1. The van der Waals surface area contributed by atoms with E-state index in [2.05, 4.69) is 11.4 Å². The second-order valence-electron chi connectivity index (χ2n) is 5.40. The number of benzene rings is 3. The lowest BCUT2D eigenvalue weighted by molar-refractivity contribution is 0.306. The van der Waals surface area contributed by atoms with E-state index in [1.54, 1.807) is 0 Å². The summed E-state index contributed by atoms with van der Waals surface area (Å²) in [6.07, 6.45) is 0. The maximum Gasteiger partial charge on any atom is 0.120 e. The van der Waals surface area contributed by atoms with Gasteiger partial charge in [-0.2, -0.15) is 0 Å². The number of ether oxygens (including phenoxy) is 1. The Balaban J connectivity index is 1.59. The fourth-order valence-corrected chi connectivity index (χ4v) is 2.62. The highest BCUT2D eigenvalue weighted by molar-refractivity contribution is 6.33. The molecule has 0 saturated carbocycles. The van der Waals surface area contributed by atoms with Gasteiger partial charge in [-0.25, -0.2) is 0 Å². The molecule has 24 heavy (non-hydrogen) atoms. The molecule has 4 heteroatoms. The molecule has 0 amide bonds. The third kappa shape index (κ3) is 4.67. The number of hydrogen-bond donors (Lipinski definition) is 1. The van der Waals surface area contributed by atoms with Crippen molar-refractivity contribution in [3.8, 4) is 5.75 Å². The first-order chi connectivity index (χ1) is 11.7. The van der Waals surface area contributed by atoms with E-state index in [1.807, 2.05) is 66.7 Å². The third-order valence-corrected chi connectivity index (χ3v) is 4.16. The Labute approximate surface area is 152 Å². The normalized spacial score (nSPS) is 10.4. The summed E-state index contributed by atoms with van der Waals surface area (Å²) >= 11 is 12.0. The summed E-state index contributed by atoms with van der Waals surface area (Å²) in [5.74, 6) is 0.836. The van der Waals surface area contributed by atoms with Crippen molar-refractivity contribution in [2.45, 2.75) is 13.2 Å². The Morgan fingerprint density at radius 3 is 2.38 bits per heavy atom. The maximum absolute atomic E-state index is 6.15. The zero-order valence-electron chi connectivity index (χ0n) is 13.0. The Hall–Kier alpha value is -2.16. The minimum absolute atomic E-state index is 0.512. The van der Waals surface area contributed by atoms with Gasteiger partial charge >= 0.3 is 0 Å². The minimum atomic E-state index is 0.512. The molecule has 0 saturated heterocycles. The molecule has 0 aliphatic heterocycles. The molecular formula is C20H17Cl2NO. The van der Waals surface area contributed by atoms with Crippen LogP contribution in [0, 0.1) is 0 Å². The van der Waals surface area contributed by atoms with Gasteiger partial charge in [0.15, 0.2) is 0 Å². The van der Waals surface area contributed by atoms with Gasteiger partial charge in [-0.15, -0.1) is 0 Å². The number of nitrogens with one attached hydrogen (secondary N) is 1. The first-order valence-electron chi connectivity index (χ1n) is 7.65. The lowest BCUT2D eigenvalue weighted by atomic mass is 10.2. The van der Waals surface area contributed by atoms with Gasteiger partial charge < -0.3 is 10.1 Å². The summed E-state index contributed by atoms with van der Waals surface area (Å²) < 4.78 is 5.85. The van der Waals surface area contributed by atoms with Crippen LogP contribution in [-0.2, 0) is 13.2 Å². The highest BCUT2D eigenvalue weighted by Crippen LogP contribution is 2.22. The number of rotatable bonds is 6. The monoisotopic (exact) mass is 357 g/mol. The summed E-state index contributed by atoms with van der Waals surface area (Å²) in [5.41, 5.74) is 3.13. The van der Waals surface area contributed by atoms with Gasteiger partial charge in [0.1, 0.15) is 12.4 Å². The molecule has 3 aromatic rings. The van der Waals surface area contributed by atoms with Crippen LogP contribution in [0.3, 0.4) is 0 Å². The molecular weight excluding hydrogens is 341 g/mol. The van der Waals surface area contributed by atoms with Crippen molar-refractivity contribution in [1.82, 2.24) is 0 Å². The lowest BCUT2D eigenvalue weighted by Crippen LogP contribution is -2.01. The van der Waals surface area contributed by atoms with Crippen LogP contribution in [0.15, 0.2) is 72.8 Å². The Bertz CT molecular complexity index is 803. The predicted octanol–water partition coefficient (Wildman–Crippen LogP) is 6.18. The topological polar surface area (TPSA) is 21.3 Å². The molecule has 0 spiro atoms. The molecule has 0 heterocycles. The maximum atomic E-state index is 6.15. The van der Waals surface area contributed by atoms with E-state index in [0.29, 0.717) is 18.2 Å². The summed E-state index contributed by atoms with van der Waals surface area (Å²) in [6, 6.07) is 23.4. The minimum Gasteiger partial charge on any atom is -0.489 e. The molecule has 0 unspecified atom stereocenters. The van der Waals surface area contributed by atoms with Crippen molar-refractivity contribution in [3.05, 3.63) is 94.0 Å². The molecule has 3 rings (SSSR count). The van der Waals surface area contributed by atoms with E-state index >= 15 is 0 Å². The van der Waals surface area contributed by atoms with Gasteiger partial charge in [0.25, 0.3) is 0 Å². The van der Waals surface area contributed by atoms with Crippen molar-refractivity contribution in [2.75, 3.05) is 5.32 Å². The zero-order chi connectivity index (χ0) is 16.8. The Kier molecular flexibility index (Phi) is 5.63. The summed E-state index contributed by atoms with van der Waals surface area (Å²) in [7, 11) is 0. The van der Waals surface area contributed by atoms with Gasteiger partial charge in [-0.3, -0.25) is 0 Å². The van der Waals surface area contributed by atoms with Crippen LogP contribution in [0.5, 0.6) is 5.75 Å². The van der Waals surface area contributed by atoms with Crippen molar-refractivity contribution in [3.63, 3.8) is 0 Å². The fourth-order valence-electron chi connectivity index (χ4n) is 2.29. The van der Waals surface area contributed by atoms with Crippen LogP contribution in [-0.4, -0.2) is 0 Å². The number of hydrogen-bond acceptors (Lipinski definition) is 2.